The first-order valence-electron chi connectivity index (χ1n) is 10.2. The van der Waals surface area contributed by atoms with Gasteiger partial charge in [0.15, 0.2) is 9.84 Å². The van der Waals surface area contributed by atoms with Crippen molar-refractivity contribution >= 4 is 9.84 Å². The van der Waals surface area contributed by atoms with Crippen LogP contribution in [-0.2, 0) is 21.7 Å². The van der Waals surface area contributed by atoms with Crippen molar-refractivity contribution in [1.82, 2.24) is 9.88 Å². The first kappa shape index (κ1) is 20.5. The molecule has 2 fully saturated rings. The first-order chi connectivity index (χ1) is 12.7. The second-order valence-electron chi connectivity index (χ2n) is 9.17. The van der Waals surface area contributed by atoms with E-state index in [9.17, 15) is 8.42 Å². The third kappa shape index (κ3) is 4.62. The highest BCUT2D eigenvalue weighted by Crippen LogP contribution is 2.42. The Labute approximate surface area is 165 Å². The molecule has 0 aromatic carbocycles. The van der Waals surface area contributed by atoms with Crippen molar-refractivity contribution in [2.45, 2.75) is 51.9 Å². The molecule has 0 bridgehead atoms. The number of nitrogens with zero attached hydrogens (tertiary/aromatic N) is 2. The minimum Gasteiger partial charge on any atom is -0.303 e. The summed E-state index contributed by atoms with van der Waals surface area (Å²) >= 11 is 0. The number of piperidine rings is 1. The van der Waals surface area contributed by atoms with Crippen LogP contribution in [0.4, 0.5) is 0 Å². The number of pyridine rings is 1. The third-order valence-electron chi connectivity index (χ3n) is 6.72. The summed E-state index contributed by atoms with van der Waals surface area (Å²) in [6, 6.07) is 4.36. The summed E-state index contributed by atoms with van der Waals surface area (Å²) in [6.45, 7) is 13.8. The maximum absolute atomic E-state index is 11.5. The van der Waals surface area contributed by atoms with E-state index in [0.29, 0.717) is 17.4 Å². The molecule has 0 saturated carbocycles. The van der Waals surface area contributed by atoms with E-state index in [-0.39, 0.29) is 10.8 Å². The lowest BCUT2D eigenvalue weighted by atomic mass is 9.81. The van der Waals surface area contributed by atoms with Gasteiger partial charge >= 0.3 is 0 Å². The van der Waals surface area contributed by atoms with E-state index in [0.717, 1.165) is 51.0 Å². The molecule has 5 heteroatoms. The van der Waals surface area contributed by atoms with Gasteiger partial charge in [0.1, 0.15) is 0 Å². The highest BCUT2D eigenvalue weighted by atomic mass is 32.2. The van der Waals surface area contributed by atoms with Crippen LogP contribution in [0.25, 0.3) is 0 Å². The second kappa shape index (κ2) is 7.67. The molecular weight excluding hydrogens is 356 g/mol. The van der Waals surface area contributed by atoms with Crippen molar-refractivity contribution in [3.63, 3.8) is 0 Å². The Morgan fingerprint density at radius 2 is 2.00 bits per heavy atom. The van der Waals surface area contributed by atoms with E-state index >= 15 is 0 Å². The molecule has 2 saturated heterocycles. The largest absolute Gasteiger partial charge is 0.303 e. The molecule has 3 rings (SSSR count). The van der Waals surface area contributed by atoms with Crippen molar-refractivity contribution in [2.75, 3.05) is 31.1 Å². The van der Waals surface area contributed by atoms with Crippen LogP contribution >= 0.6 is 0 Å². The molecule has 0 N–H and O–H groups in total. The molecule has 2 aliphatic heterocycles. The quantitative estimate of drug-likeness (QED) is 0.667. The molecule has 3 heterocycles. The number of allylic oxidation sites excluding steroid dienone is 1. The summed E-state index contributed by atoms with van der Waals surface area (Å²) in [4.78, 5) is 7.21. The van der Waals surface area contributed by atoms with E-state index in [1.165, 1.54) is 5.56 Å². The van der Waals surface area contributed by atoms with Gasteiger partial charge in [-0.25, -0.2) is 8.42 Å². The zero-order valence-corrected chi connectivity index (χ0v) is 17.9. The molecule has 150 valence electrons. The fourth-order valence-corrected chi connectivity index (χ4v) is 6.97. The van der Waals surface area contributed by atoms with E-state index < -0.39 is 9.84 Å². The van der Waals surface area contributed by atoms with Gasteiger partial charge in [-0.15, -0.1) is 6.58 Å². The normalized spacial score (nSPS) is 24.7. The Morgan fingerprint density at radius 1 is 1.33 bits per heavy atom. The SMILES string of the molecule is C=CC(C)(CC)c1ccc(C[C@@H](C)CN2CCC3(CC2)CS(=O)(=O)C3)cn1. The third-order valence-corrected chi connectivity index (χ3v) is 8.82. The molecule has 27 heavy (non-hydrogen) atoms. The monoisotopic (exact) mass is 390 g/mol. The zero-order chi connectivity index (χ0) is 19.7. The van der Waals surface area contributed by atoms with Crippen LogP contribution in [-0.4, -0.2) is 49.4 Å². The van der Waals surface area contributed by atoms with E-state index in [2.05, 4.69) is 44.4 Å². The molecule has 2 atom stereocenters. The van der Waals surface area contributed by atoms with Gasteiger partial charge in [-0.1, -0.05) is 32.9 Å². The van der Waals surface area contributed by atoms with Crippen molar-refractivity contribution in [1.29, 1.82) is 0 Å². The summed E-state index contributed by atoms with van der Waals surface area (Å²) in [7, 11) is -2.72. The summed E-state index contributed by atoms with van der Waals surface area (Å²) < 4.78 is 23.0. The van der Waals surface area contributed by atoms with Gasteiger partial charge in [0.25, 0.3) is 0 Å². The van der Waals surface area contributed by atoms with E-state index in [1.807, 2.05) is 12.3 Å². The summed E-state index contributed by atoms with van der Waals surface area (Å²) in [6.07, 6.45) is 8.11. The maximum atomic E-state index is 11.5. The second-order valence-corrected chi connectivity index (χ2v) is 11.2. The Bertz CT molecular complexity index is 750. The van der Waals surface area contributed by atoms with Crippen LogP contribution in [0.1, 0.15) is 51.3 Å². The Kier molecular flexibility index (Phi) is 5.83. The summed E-state index contributed by atoms with van der Waals surface area (Å²) in [5, 5.41) is 0. The van der Waals surface area contributed by atoms with E-state index in [4.69, 9.17) is 4.98 Å². The predicted molar refractivity (Wildman–Crippen MR) is 112 cm³/mol. The topological polar surface area (TPSA) is 50.3 Å². The van der Waals surface area contributed by atoms with Crippen LogP contribution in [0.15, 0.2) is 31.0 Å². The first-order valence-corrected chi connectivity index (χ1v) is 12.0. The van der Waals surface area contributed by atoms with Gasteiger partial charge < -0.3 is 4.90 Å². The van der Waals surface area contributed by atoms with Gasteiger partial charge in [0, 0.05) is 29.3 Å². The Hall–Kier alpha value is -1.20. The van der Waals surface area contributed by atoms with Crippen molar-refractivity contribution in [2.24, 2.45) is 11.3 Å². The van der Waals surface area contributed by atoms with Crippen LogP contribution in [0, 0.1) is 11.3 Å². The van der Waals surface area contributed by atoms with Crippen molar-refractivity contribution in [3.8, 4) is 0 Å². The molecule has 4 nitrogen and oxygen atoms in total. The van der Waals surface area contributed by atoms with Crippen LogP contribution < -0.4 is 0 Å². The number of hydrogen-bond donors (Lipinski definition) is 0. The lowest BCUT2D eigenvalue weighted by Crippen LogP contribution is -2.55. The van der Waals surface area contributed by atoms with Crippen LogP contribution in [0.3, 0.4) is 0 Å². The van der Waals surface area contributed by atoms with Gasteiger partial charge in [0.2, 0.25) is 0 Å². The molecule has 0 aliphatic carbocycles. The van der Waals surface area contributed by atoms with E-state index in [1.54, 1.807) is 0 Å². The number of aromatic nitrogens is 1. The lowest BCUT2D eigenvalue weighted by Gasteiger charge is -2.47. The number of sulfone groups is 1. The van der Waals surface area contributed by atoms with Crippen molar-refractivity contribution < 1.29 is 8.42 Å². The van der Waals surface area contributed by atoms with Gasteiger partial charge in [-0.3, -0.25) is 4.98 Å². The average molecular weight is 391 g/mol. The fraction of sp³-hybridized carbons (Fsp3) is 0.682. The Balaban J connectivity index is 1.49. The van der Waals surface area contributed by atoms with Gasteiger partial charge in [0.05, 0.1) is 11.5 Å². The molecular formula is C22H34N2O2S. The number of rotatable bonds is 7. The Morgan fingerprint density at radius 3 is 2.48 bits per heavy atom. The lowest BCUT2D eigenvalue weighted by molar-refractivity contribution is 0.113. The average Bonchev–Trinajstić information content (AvgIpc) is 2.62. The minimum absolute atomic E-state index is 0.0527. The minimum atomic E-state index is -2.72. The molecule has 0 radical (unpaired) electrons. The molecule has 0 amide bonds. The van der Waals surface area contributed by atoms with Gasteiger partial charge in [-0.05, 0) is 56.3 Å². The van der Waals surface area contributed by atoms with Crippen LogP contribution in [0.5, 0.6) is 0 Å². The number of hydrogen-bond acceptors (Lipinski definition) is 4. The maximum Gasteiger partial charge on any atom is 0.151 e. The standard InChI is InChI=1S/C22H34N2O2S/c1-5-21(4,6-2)20-8-7-19(14-23-20)13-18(3)15-24-11-9-22(10-12-24)16-27(25,26)17-22/h5,7-8,14,18H,1,6,9-13,15-17H2,2-4H3/t18-,21?/m1/s1. The van der Waals surface area contributed by atoms with Crippen LogP contribution in [0.2, 0.25) is 0 Å². The van der Waals surface area contributed by atoms with Gasteiger partial charge in [-0.2, -0.15) is 0 Å². The summed E-state index contributed by atoms with van der Waals surface area (Å²) in [5.41, 5.74) is 2.43. The summed E-state index contributed by atoms with van der Waals surface area (Å²) in [5.74, 6) is 1.40. The highest BCUT2D eigenvalue weighted by molar-refractivity contribution is 7.92. The van der Waals surface area contributed by atoms with Crippen molar-refractivity contribution in [3.05, 3.63) is 42.2 Å². The zero-order valence-electron chi connectivity index (χ0n) is 17.1. The number of likely N-dealkylation sites (tertiary alicyclic amines) is 1. The highest BCUT2D eigenvalue weighted by Gasteiger charge is 2.49. The molecule has 1 unspecified atom stereocenters. The fourth-order valence-electron chi connectivity index (χ4n) is 4.61. The molecule has 1 aromatic rings. The molecule has 2 aliphatic rings. The predicted octanol–water partition coefficient (Wildman–Crippen LogP) is 3.62. The smallest absolute Gasteiger partial charge is 0.151 e. The molecule has 1 spiro atoms. The molecule has 1 aromatic heterocycles.